The lowest BCUT2D eigenvalue weighted by molar-refractivity contribution is 0.491. The van der Waals surface area contributed by atoms with Crippen LogP contribution in [0.1, 0.15) is 5.56 Å². The van der Waals surface area contributed by atoms with Gasteiger partial charge in [-0.05, 0) is 12.1 Å². The molecule has 1 aromatic heterocycles. The molecule has 64 valence electrons. The maximum atomic E-state index is 12.9. The van der Waals surface area contributed by atoms with E-state index >= 15 is 0 Å². The second kappa shape index (κ2) is 2.71. The van der Waals surface area contributed by atoms with Crippen molar-refractivity contribution in [1.29, 1.82) is 5.26 Å². The highest BCUT2D eigenvalue weighted by molar-refractivity contribution is 7.20. The third kappa shape index (κ3) is 1.23. The summed E-state index contributed by atoms with van der Waals surface area (Å²) < 4.78 is 13.5. The number of hydrogen-bond donors (Lipinski definition) is 1. The molecule has 0 aliphatic carbocycles. The minimum absolute atomic E-state index is 0.0945. The maximum Gasteiger partial charge on any atom is 0.172 e. The summed E-state index contributed by atoms with van der Waals surface area (Å²) in [5.74, 6) is -0.453. The van der Waals surface area contributed by atoms with Crippen molar-refractivity contribution < 1.29 is 9.50 Å². The summed E-state index contributed by atoms with van der Waals surface area (Å²) in [6, 6.07) is 5.82. The molecule has 4 heteroatoms. The highest BCUT2D eigenvalue weighted by Gasteiger charge is 2.07. The molecule has 1 N–H and O–H groups in total. The quantitative estimate of drug-likeness (QED) is 0.698. The predicted octanol–water partition coefficient (Wildman–Crippen LogP) is 2.62. The van der Waals surface area contributed by atoms with Crippen molar-refractivity contribution in [3.63, 3.8) is 0 Å². The molecule has 0 fully saturated rings. The van der Waals surface area contributed by atoms with Gasteiger partial charge in [-0.1, -0.05) is 11.3 Å². The average molecular weight is 193 g/mol. The number of rotatable bonds is 0. The van der Waals surface area contributed by atoms with E-state index in [2.05, 4.69) is 0 Å². The van der Waals surface area contributed by atoms with Crippen molar-refractivity contribution in [2.24, 2.45) is 0 Å². The smallest absolute Gasteiger partial charge is 0.172 e. The fraction of sp³-hybridized carbons (Fsp3) is 0. The molecule has 2 aromatic rings. The Hall–Kier alpha value is -1.60. The molecule has 0 radical (unpaired) electrons. The Kier molecular flexibility index (Phi) is 1.67. The number of hydrogen-bond acceptors (Lipinski definition) is 3. The largest absolute Gasteiger partial charge is 0.499 e. The molecule has 0 bridgehead atoms. The summed E-state index contributed by atoms with van der Waals surface area (Å²) >= 11 is 1.06. The number of nitriles is 1. The molecule has 0 aliphatic heterocycles. The fourth-order valence-electron chi connectivity index (χ4n) is 1.18. The molecule has 2 nitrogen and oxygen atoms in total. The summed E-state index contributed by atoms with van der Waals surface area (Å²) in [6.07, 6.45) is 0. The van der Waals surface area contributed by atoms with Gasteiger partial charge in [0.25, 0.3) is 0 Å². The Morgan fingerprint density at radius 3 is 2.85 bits per heavy atom. The van der Waals surface area contributed by atoms with Gasteiger partial charge in [-0.2, -0.15) is 5.26 Å². The molecule has 0 spiro atoms. The van der Waals surface area contributed by atoms with Crippen LogP contribution in [-0.4, -0.2) is 5.11 Å². The van der Waals surface area contributed by atoms with Crippen molar-refractivity contribution in [1.82, 2.24) is 0 Å². The Morgan fingerprint density at radius 2 is 2.15 bits per heavy atom. The van der Waals surface area contributed by atoms with E-state index in [1.165, 1.54) is 12.1 Å². The first kappa shape index (κ1) is 8.02. The van der Waals surface area contributed by atoms with Crippen LogP contribution in [0.2, 0.25) is 0 Å². The minimum atomic E-state index is -0.453. The highest BCUT2D eigenvalue weighted by Crippen LogP contribution is 2.33. The van der Waals surface area contributed by atoms with Gasteiger partial charge in [-0.3, -0.25) is 0 Å². The molecule has 1 aromatic carbocycles. The van der Waals surface area contributed by atoms with Crippen molar-refractivity contribution in [3.8, 4) is 11.1 Å². The number of halogens is 1. The number of aromatic hydroxyl groups is 1. The van der Waals surface area contributed by atoms with Gasteiger partial charge >= 0.3 is 0 Å². The minimum Gasteiger partial charge on any atom is -0.499 e. The van der Waals surface area contributed by atoms with Gasteiger partial charge in [0.1, 0.15) is 5.82 Å². The molecule has 1 heterocycles. The van der Waals surface area contributed by atoms with Crippen molar-refractivity contribution in [2.45, 2.75) is 0 Å². The number of benzene rings is 1. The van der Waals surface area contributed by atoms with Crippen molar-refractivity contribution in [3.05, 3.63) is 29.6 Å². The lowest BCUT2D eigenvalue weighted by Crippen LogP contribution is -1.78. The first-order valence-corrected chi connectivity index (χ1v) is 4.34. The van der Waals surface area contributed by atoms with E-state index in [9.17, 15) is 4.39 Å². The van der Waals surface area contributed by atoms with Crippen LogP contribution in [0.5, 0.6) is 5.06 Å². The average Bonchev–Trinajstić information content (AvgIpc) is 2.43. The molecule has 2 rings (SSSR count). The fourth-order valence-corrected chi connectivity index (χ4v) is 2.04. The third-order valence-electron chi connectivity index (χ3n) is 1.71. The van der Waals surface area contributed by atoms with Gasteiger partial charge in [0.05, 0.1) is 11.6 Å². The van der Waals surface area contributed by atoms with E-state index in [1.54, 1.807) is 0 Å². The molecular weight excluding hydrogens is 189 g/mol. The van der Waals surface area contributed by atoms with Crippen LogP contribution in [0.4, 0.5) is 4.39 Å². The zero-order valence-electron chi connectivity index (χ0n) is 6.41. The number of thiophene rings is 1. The van der Waals surface area contributed by atoms with Gasteiger partial charge in [-0.25, -0.2) is 4.39 Å². The standard InChI is InChI=1S/C9H4FNOS/c10-6-1-5(4-11)7-3-9(12)13-8(7)2-6/h1-3,12H. The molecule has 0 saturated heterocycles. The first-order valence-electron chi connectivity index (χ1n) is 3.53. The van der Waals surface area contributed by atoms with Crippen LogP contribution >= 0.6 is 11.3 Å². The first-order chi connectivity index (χ1) is 6.20. The molecule has 0 atom stereocenters. The molecule has 13 heavy (non-hydrogen) atoms. The SMILES string of the molecule is N#Cc1cc(F)cc2sc(O)cc12. The zero-order valence-corrected chi connectivity index (χ0v) is 7.23. The molecule has 0 saturated carbocycles. The molecule has 0 amide bonds. The lowest BCUT2D eigenvalue weighted by Gasteiger charge is -1.92. The van der Waals surface area contributed by atoms with Gasteiger partial charge in [0, 0.05) is 16.2 Å². The lowest BCUT2D eigenvalue weighted by atomic mass is 10.1. The van der Waals surface area contributed by atoms with Crippen LogP contribution in [0.15, 0.2) is 18.2 Å². The van der Waals surface area contributed by atoms with E-state index in [1.807, 2.05) is 6.07 Å². The van der Waals surface area contributed by atoms with E-state index in [0.717, 1.165) is 17.4 Å². The maximum absolute atomic E-state index is 12.9. The summed E-state index contributed by atoms with van der Waals surface area (Å²) in [7, 11) is 0. The molecular formula is C9H4FNOS. The second-order valence-electron chi connectivity index (χ2n) is 2.56. The monoisotopic (exact) mass is 193 g/mol. The Morgan fingerprint density at radius 1 is 1.38 bits per heavy atom. The van der Waals surface area contributed by atoms with Crippen LogP contribution in [0, 0.1) is 17.1 Å². The summed E-state index contributed by atoms with van der Waals surface area (Å²) in [6.45, 7) is 0. The summed E-state index contributed by atoms with van der Waals surface area (Å²) in [5.41, 5.74) is 0.256. The van der Waals surface area contributed by atoms with E-state index in [4.69, 9.17) is 10.4 Å². The van der Waals surface area contributed by atoms with Gasteiger partial charge in [-0.15, -0.1) is 0 Å². The van der Waals surface area contributed by atoms with Crippen molar-refractivity contribution in [2.75, 3.05) is 0 Å². The van der Waals surface area contributed by atoms with E-state index < -0.39 is 5.82 Å². The second-order valence-corrected chi connectivity index (χ2v) is 3.62. The highest BCUT2D eigenvalue weighted by atomic mass is 32.1. The van der Waals surface area contributed by atoms with Crippen molar-refractivity contribution >= 4 is 21.4 Å². The number of nitrogens with zero attached hydrogens (tertiary/aromatic N) is 1. The Labute approximate surface area is 77.5 Å². The predicted molar refractivity (Wildman–Crippen MR) is 48.2 cm³/mol. The van der Waals surface area contributed by atoms with Gasteiger partial charge in [0.2, 0.25) is 0 Å². The number of fused-ring (bicyclic) bond motifs is 1. The van der Waals surface area contributed by atoms with E-state index in [0.29, 0.717) is 10.1 Å². The van der Waals surface area contributed by atoms with E-state index in [-0.39, 0.29) is 10.6 Å². The normalized spacial score (nSPS) is 10.2. The molecule has 0 aliphatic rings. The molecule has 0 unspecified atom stereocenters. The summed E-state index contributed by atoms with van der Waals surface area (Å²) in [4.78, 5) is 0. The van der Waals surface area contributed by atoms with Gasteiger partial charge < -0.3 is 5.11 Å². The van der Waals surface area contributed by atoms with Gasteiger partial charge in [0.15, 0.2) is 5.06 Å². The third-order valence-corrected chi connectivity index (χ3v) is 2.59. The summed E-state index contributed by atoms with van der Waals surface area (Å²) in [5, 5.41) is 18.5. The van der Waals surface area contributed by atoms with Crippen LogP contribution < -0.4 is 0 Å². The van der Waals surface area contributed by atoms with Crippen LogP contribution in [-0.2, 0) is 0 Å². The Bertz CT molecular complexity index is 512. The zero-order chi connectivity index (χ0) is 9.42. The van der Waals surface area contributed by atoms with Crippen LogP contribution in [0.3, 0.4) is 0 Å². The van der Waals surface area contributed by atoms with Crippen LogP contribution in [0.25, 0.3) is 10.1 Å². The topological polar surface area (TPSA) is 44.0 Å². The Balaban J connectivity index is 2.90.